The molecule has 0 unspecified atom stereocenters. The number of carbonyl (C=O) groups excluding carboxylic acids is 2. The van der Waals surface area contributed by atoms with Crippen LogP contribution in [-0.2, 0) is 14.8 Å². The molecule has 2 fully saturated rings. The van der Waals surface area contributed by atoms with Crippen molar-refractivity contribution in [1.29, 1.82) is 0 Å². The number of hydrogen-bond donors (Lipinski definition) is 1. The van der Waals surface area contributed by atoms with Crippen LogP contribution in [0.4, 0.5) is 10.5 Å². The van der Waals surface area contributed by atoms with Crippen molar-refractivity contribution in [2.45, 2.75) is 30.6 Å². The highest BCUT2D eigenvalue weighted by molar-refractivity contribution is 7.89. The van der Waals surface area contributed by atoms with Gasteiger partial charge in [-0.2, -0.15) is 4.31 Å². The lowest BCUT2D eigenvalue weighted by Crippen LogP contribution is -2.53. The highest BCUT2D eigenvalue weighted by Crippen LogP contribution is 2.22. The summed E-state index contributed by atoms with van der Waals surface area (Å²) in [6, 6.07) is 4.59. The minimum atomic E-state index is -3.89. The predicted molar refractivity (Wildman–Crippen MR) is 112 cm³/mol. The number of rotatable bonds is 6. The molecule has 12 heteroatoms. The molecular weight excluding hydrogens is 426 g/mol. The van der Waals surface area contributed by atoms with Gasteiger partial charge in [-0.1, -0.05) is 6.07 Å². The summed E-state index contributed by atoms with van der Waals surface area (Å²) in [5.74, 6) is 0.0351. The maximum Gasteiger partial charge on any atom is 0.317 e. The number of piperidine rings is 1. The van der Waals surface area contributed by atoms with Gasteiger partial charge in [0.25, 0.3) is 5.69 Å². The number of likely N-dealkylation sites (tertiary alicyclic amines) is 1. The van der Waals surface area contributed by atoms with Crippen molar-refractivity contribution in [2.75, 3.05) is 45.8 Å². The van der Waals surface area contributed by atoms with Crippen LogP contribution in [0.25, 0.3) is 0 Å². The topological polar surface area (TPSA) is 133 Å². The Morgan fingerprint density at radius 2 is 1.68 bits per heavy atom. The number of nitro groups is 1. The summed E-state index contributed by atoms with van der Waals surface area (Å²) in [5, 5.41) is 13.6. The molecule has 31 heavy (non-hydrogen) atoms. The standard InChI is InChI=1S/C19H27N5O6S/c25-18(21-9-2-1-3-10-21)7-8-20-19(26)22-11-13-23(14-12-22)31(29,30)17-6-4-5-16(15-17)24(27)28/h4-6,15H,1-3,7-14H2,(H,20,26). The molecule has 0 saturated carbocycles. The summed E-state index contributed by atoms with van der Waals surface area (Å²) in [7, 11) is -3.89. The number of piperazine rings is 1. The van der Waals surface area contributed by atoms with Gasteiger partial charge in [0, 0.05) is 64.4 Å². The average Bonchev–Trinajstić information content (AvgIpc) is 2.79. The average molecular weight is 454 g/mol. The fourth-order valence-electron chi connectivity index (χ4n) is 3.73. The van der Waals surface area contributed by atoms with Crippen molar-refractivity contribution in [3.8, 4) is 0 Å². The number of nitro benzene ring substituents is 1. The van der Waals surface area contributed by atoms with Gasteiger partial charge in [0.15, 0.2) is 0 Å². The van der Waals surface area contributed by atoms with E-state index >= 15 is 0 Å². The highest BCUT2D eigenvalue weighted by Gasteiger charge is 2.31. The minimum Gasteiger partial charge on any atom is -0.343 e. The van der Waals surface area contributed by atoms with E-state index in [0.717, 1.165) is 38.4 Å². The lowest BCUT2D eigenvalue weighted by Gasteiger charge is -2.34. The van der Waals surface area contributed by atoms with Gasteiger partial charge in [0.2, 0.25) is 15.9 Å². The van der Waals surface area contributed by atoms with Crippen molar-refractivity contribution in [3.05, 3.63) is 34.4 Å². The van der Waals surface area contributed by atoms with E-state index in [0.29, 0.717) is 0 Å². The molecule has 2 saturated heterocycles. The summed E-state index contributed by atoms with van der Waals surface area (Å²) in [5.41, 5.74) is -0.293. The van der Waals surface area contributed by atoms with Crippen LogP contribution in [0.1, 0.15) is 25.7 Å². The zero-order valence-corrected chi connectivity index (χ0v) is 18.1. The first-order valence-electron chi connectivity index (χ1n) is 10.3. The van der Waals surface area contributed by atoms with Gasteiger partial charge < -0.3 is 15.1 Å². The number of nitrogens with zero attached hydrogens (tertiary/aromatic N) is 4. The van der Waals surface area contributed by atoms with E-state index < -0.39 is 14.9 Å². The van der Waals surface area contributed by atoms with E-state index in [1.807, 2.05) is 4.90 Å². The number of non-ortho nitro benzene ring substituents is 1. The summed E-state index contributed by atoms with van der Waals surface area (Å²) < 4.78 is 26.8. The van der Waals surface area contributed by atoms with Gasteiger partial charge in [-0.3, -0.25) is 14.9 Å². The Morgan fingerprint density at radius 3 is 2.32 bits per heavy atom. The third-order valence-electron chi connectivity index (χ3n) is 5.52. The lowest BCUT2D eigenvalue weighted by atomic mass is 10.1. The Morgan fingerprint density at radius 1 is 1.00 bits per heavy atom. The number of carbonyl (C=O) groups is 2. The third-order valence-corrected chi connectivity index (χ3v) is 7.41. The number of nitrogens with one attached hydrogen (secondary N) is 1. The smallest absolute Gasteiger partial charge is 0.317 e. The van der Waals surface area contributed by atoms with Crippen LogP contribution in [-0.4, -0.2) is 85.2 Å². The molecule has 2 aliphatic heterocycles. The normalized spacial score (nSPS) is 17.9. The van der Waals surface area contributed by atoms with Crippen LogP contribution in [0, 0.1) is 10.1 Å². The van der Waals surface area contributed by atoms with Gasteiger partial charge in [-0.25, -0.2) is 13.2 Å². The maximum atomic E-state index is 12.8. The number of urea groups is 1. The van der Waals surface area contributed by atoms with Crippen LogP contribution in [0.15, 0.2) is 29.2 Å². The second-order valence-electron chi connectivity index (χ2n) is 7.57. The molecule has 2 heterocycles. The van der Waals surface area contributed by atoms with E-state index in [4.69, 9.17) is 0 Å². The molecule has 2 aliphatic rings. The van der Waals surface area contributed by atoms with E-state index in [9.17, 15) is 28.1 Å². The Hall–Kier alpha value is -2.73. The van der Waals surface area contributed by atoms with Crippen molar-refractivity contribution in [3.63, 3.8) is 0 Å². The Labute approximate surface area is 181 Å². The number of hydrogen-bond acceptors (Lipinski definition) is 6. The molecular formula is C19H27N5O6S. The zero-order valence-electron chi connectivity index (χ0n) is 17.2. The van der Waals surface area contributed by atoms with E-state index in [-0.39, 0.29) is 61.7 Å². The molecule has 1 aromatic carbocycles. The SMILES string of the molecule is O=C(CCNC(=O)N1CCN(S(=O)(=O)c2cccc([N+](=O)[O-])c2)CC1)N1CCCCC1. The van der Waals surface area contributed by atoms with Crippen molar-refractivity contribution in [2.24, 2.45) is 0 Å². The maximum absolute atomic E-state index is 12.8. The first-order chi connectivity index (χ1) is 14.8. The quantitative estimate of drug-likeness (QED) is 0.505. The third kappa shape index (κ3) is 5.70. The number of benzene rings is 1. The molecule has 0 atom stereocenters. The lowest BCUT2D eigenvalue weighted by molar-refractivity contribution is -0.385. The monoisotopic (exact) mass is 453 g/mol. The van der Waals surface area contributed by atoms with Gasteiger partial charge in [0.1, 0.15) is 0 Å². The summed E-state index contributed by atoms with van der Waals surface area (Å²) >= 11 is 0. The molecule has 3 amide bonds. The number of amides is 3. The minimum absolute atomic E-state index is 0.0351. The van der Waals surface area contributed by atoms with Gasteiger partial charge in [0.05, 0.1) is 9.82 Å². The first kappa shape index (κ1) is 22.9. The van der Waals surface area contributed by atoms with Crippen molar-refractivity contribution in [1.82, 2.24) is 19.4 Å². The number of sulfonamides is 1. The van der Waals surface area contributed by atoms with E-state index in [1.54, 1.807) is 0 Å². The van der Waals surface area contributed by atoms with Gasteiger partial charge in [-0.05, 0) is 25.3 Å². The predicted octanol–water partition coefficient (Wildman–Crippen LogP) is 1.01. The van der Waals surface area contributed by atoms with Gasteiger partial charge >= 0.3 is 6.03 Å². The van der Waals surface area contributed by atoms with E-state index in [2.05, 4.69) is 5.32 Å². The fraction of sp³-hybridized carbons (Fsp3) is 0.579. The first-order valence-corrected chi connectivity index (χ1v) is 11.8. The molecule has 0 radical (unpaired) electrons. The Bertz CT molecular complexity index is 923. The second kappa shape index (κ2) is 10.1. The largest absolute Gasteiger partial charge is 0.343 e. The van der Waals surface area contributed by atoms with Crippen molar-refractivity contribution >= 4 is 27.6 Å². The van der Waals surface area contributed by atoms with E-state index in [1.165, 1.54) is 27.4 Å². The molecule has 0 aromatic heterocycles. The molecule has 3 rings (SSSR count). The van der Waals surface area contributed by atoms with Crippen LogP contribution in [0.3, 0.4) is 0 Å². The van der Waals surface area contributed by atoms with Crippen LogP contribution >= 0.6 is 0 Å². The molecule has 170 valence electrons. The summed E-state index contributed by atoms with van der Waals surface area (Å²) in [4.78, 5) is 38.0. The molecule has 11 nitrogen and oxygen atoms in total. The summed E-state index contributed by atoms with van der Waals surface area (Å²) in [6.07, 6.45) is 3.42. The Balaban J connectivity index is 1.47. The molecule has 1 N–H and O–H groups in total. The molecule has 0 bridgehead atoms. The molecule has 0 spiro atoms. The molecule has 1 aromatic rings. The summed E-state index contributed by atoms with van der Waals surface area (Å²) in [6.45, 7) is 2.35. The molecule has 0 aliphatic carbocycles. The highest BCUT2D eigenvalue weighted by atomic mass is 32.2. The second-order valence-corrected chi connectivity index (χ2v) is 9.51. The van der Waals surface area contributed by atoms with Crippen LogP contribution < -0.4 is 5.32 Å². The fourth-order valence-corrected chi connectivity index (χ4v) is 5.19. The van der Waals surface area contributed by atoms with Crippen molar-refractivity contribution < 1.29 is 22.9 Å². The van der Waals surface area contributed by atoms with Crippen LogP contribution in [0.2, 0.25) is 0 Å². The van der Waals surface area contributed by atoms with Gasteiger partial charge in [-0.15, -0.1) is 0 Å². The zero-order chi connectivity index (χ0) is 22.4. The Kier molecular flexibility index (Phi) is 7.44. The van der Waals surface area contributed by atoms with Crippen LogP contribution in [0.5, 0.6) is 0 Å².